The number of benzene rings is 2. The molecule has 1 saturated heterocycles. The van der Waals surface area contributed by atoms with E-state index in [4.69, 9.17) is 0 Å². The van der Waals surface area contributed by atoms with Crippen LogP contribution < -0.4 is 5.32 Å². The number of aryl methyl sites for hydroxylation is 1. The third kappa shape index (κ3) is 4.91. The first kappa shape index (κ1) is 18.1. The third-order valence-corrected chi connectivity index (χ3v) is 4.70. The van der Waals surface area contributed by atoms with Crippen molar-refractivity contribution in [2.45, 2.75) is 31.7 Å². The summed E-state index contributed by atoms with van der Waals surface area (Å²) in [4.78, 5) is 26.3. The Morgan fingerprint density at radius 2 is 1.77 bits per heavy atom. The molecule has 0 unspecified atom stereocenters. The Hall–Kier alpha value is -2.69. The number of amides is 2. The molecular formula is C21H23FN2O2. The molecule has 0 aromatic heterocycles. The summed E-state index contributed by atoms with van der Waals surface area (Å²) in [5, 5.41) is 3.06. The van der Waals surface area contributed by atoms with Crippen LogP contribution in [0.25, 0.3) is 0 Å². The molecule has 1 aliphatic rings. The SMILES string of the molecule is O=C(CCc1ccccc1)NC1CCN(C(=O)c2cccc(F)c2)CC1. The van der Waals surface area contributed by atoms with Gasteiger partial charge in [-0.05, 0) is 43.0 Å². The van der Waals surface area contributed by atoms with Gasteiger partial charge < -0.3 is 10.2 Å². The van der Waals surface area contributed by atoms with E-state index in [2.05, 4.69) is 5.32 Å². The maximum Gasteiger partial charge on any atom is 0.253 e. The van der Waals surface area contributed by atoms with Crippen molar-refractivity contribution >= 4 is 11.8 Å². The van der Waals surface area contributed by atoms with Crippen molar-refractivity contribution in [3.05, 3.63) is 71.5 Å². The monoisotopic (exact) mass is 354 g/mol. The predicted molar refractivity (Wildman–Crippen MR) is 98.2 cm³/mol. The molecule has 26 heavy (non-hydrogen) atoms. The molecule has 0 aliphatic carbocycles. The molecule has 2 amide bonds. The number of rotatable bonds is 5. The number of hydrogen-bond donors (Lipinski definition) is 1. The van der Waals surface area contributed by atoms with E-state index in [1.165, 1.54) is 12.1 Å². The van der Waals surface area contributed by atoms with Crippen LogP contribution in [0, 0.1) is 5.82 Å². The average molecular weight is 354 g/mol. The molecule has 136 valence electrons. The van der Waals surface area contributed by atoms with E-state index in [1.54, 1.807) is 17.0 Å². The molecule has 0 radical (unpaired) electrons. The molecule has 2 aromatic carbocycles. The number of carbonyl (C=O) groups excluding carboxylic acids is 2. The van der Waals surface area contributed by atoms with Crippen LogP contribution >= 0.6 is 0 Å². The zero-order valence-electron chi connectivity index (χ0n) is 14.7. The number of hydrogen-bond acceptors (Lipinski definition) is 2. The highest BCUT2D eigenvalue weighted by Crippen LogP contribution is 2.15. The van der Waals surface area contributed by atoms with Gasteiger partial charge in [-0.1, -0.05) is 36.4 Å². The molecule has 2 aromatic rings. The van der Waals surface area contributed by atoms with Gasteiger partial charge in [0.15, 0.2) is 0 Å². The highest BCUT2D eigenvalue weighted by Gasteiger charge is 2.24. The predicted octanol–water partition coefficient (Wildman–Crippen LogP) is 3.18. The van der Waals surface area contributed by atoms with Crippen LogP contribution in [0.2, 0.25) is 0 Å². The van der Waals surface area contributed by atoms with Gasteiger partial charge in [-0.3, -0.25) is 9.59 Å². The topological polar surface area (TPSA) is 49.4 Å². The van der Waals surface area contributed by atoms with Gasteiger partial charge in [-0.25, -0.2) is 4.39 Å². The van der Waals surface area contributed by atoms with Gasteiger partial charge in [0.25, 0.3) is 5.91 Å². The lowest BCUT2D eigenvalue weighted by atomic mass is 10.0. The normalized spacial score (nSPS) is 14.9. The van der Waals surface area contributed by atoms with Gasteiger partial charge in [-0.2, -0.15) is 0 Å². The number of carbonyl (C=O) groups is 2. The molecule has 5 heteroatoms. The second kappa shape index (κ2) is 8.61. The van der Waals surface area contributed by atoms with Gasteiger partial charge in [0.2, 0.25) is 5.91 Å². The molecule has 1 aliphatic heterocycles. The summed E-state index contributed by atoms with van der Waals surface area (Å²) < 4.78 is 13.3. The fraction of sp³-hybridized carbons (Fsp3) is 0.333. The molecule has 0 spiro atoms. The van der Waals surface area contributed by atoms with Crippen LogP contribution in [-0.4, -0.2) is 35.8 Å². The standard InChI is InChI=1S/C21H23FN2O2/c22-18-8-4-7-17(15-18)21(26)24-13-11-19(12-14-24)23-20(25)10-9-16-5-2-1-3-6-16/h1-8,15,19H,9-14H2,(H,23,25). The van der Waals surface area contributed by atoms with Crippen molar-refractivity contribution in [1.82, 2.24) is 10.2 Å². The first-order chi connectivity index (χ1) is 12.6. The highest BCUT2D eigenvalue weighted by molar-refractivity contribution is 5.94. The van der Waals surface area contributed by atoms with Gasteiger partial charge >= 0.3 is 0 Å². The second-order valence-corrected chi connectivity index (χ2v) is 6.63. The zero-order chi connectivity index (χ0) is 18.4. The Morgan fingerprint density at radius 1 is 1.04 bits per heavy atom. The molecule has 3 rings (SSSR count). The molecule has 4 nitrogen and oxygen atoms in total. The smallest absolute Gasteiger partial charge is 0.253 e. The number of likely N-dealkylation sites (tertiary alicyclic amines) is 1. The lowest BCUT2D eigenvalue weighted by Gasteiger charge is -2.32. The molecule has 1 fully saturated rings. The summed E-state index contributed by atoms with van der Waals surface area (Å²) in [5.74, 6) is -0.515. The summed E-state index contributed by atoms with van der Waals surface area (Å²) in [6, 6.07) is 15.8. The van der Waals surface area contributed by atoms with Crippen molar-refractivity contribution in [3.63, 3.8) is 0 Å². The number of piperidine rings is 1. The van der Waals surface area contributed by atoms with E-state index in [0.717, 1.165) is 24.8 Å². The van der Waals surface area contributed by atoms with Gasteiger partial charge in [-0.15, -0.1) is 0 Å². The van der Waals surface area contributed by atoms with Crippen molar-refractivity contribution in [2.75, 3.05) is 13.1 Å². The van der Waals surface area contributed by atoms with Gasteiger partial charge in [0.1, 0.15) is 5.82 Å². The quantitative estimate of drug-likeness (QED) is 0.897. The largest absolute Gasteiger partial charge is 0.353 e. The van der Waals surface area contributed by atoms with Crippen LogP contribution in [0.1, 0.15) is 35.2 Å². The minimum absolute atomic E-state index is 0.0451. The maximum absolute atomic E-state index is 13.3. The molecule has 0 bridgehead atoms. The molecule has 0 atom stereocenters. The van der Waals surface area contributed by atoms with E-state index in [1.807, 2.05) is 30.3 Å². The number of nitrogens with one attached hydrogen (secondary N) is 1. The lowest BCUT2D eigenvalue weighted by Crippen LogP contribution is -2.46. The van der Waals surface area contributed by atoms with E-state index in [9.17, 15) is 14.0 Å². The van der Waals surface area contributed by atoms with Crippen molar-refractivity contribution < 1.29 is 14.0 Å². The summed E-state index contributed by atoms with van der Waals surface area (Å²) in [6.45, 7) is 1.14. The van der Waals surface area contributed by atoms with Crippen molar-refractivity contribution in [2.24, 2.45) is 0 Å². The summed E-state index contributed by atoms with van der Waals surface area (Å²) in [5.41, 5.74) is 1.52. The molecule has 1 heterocycles. The van der Waals surface area contributed by atoms with Crippen LogP contribution in [0.4, 0.5) is 4.39 Å². The van der Waals surface area contributed by atoms with E-state index in [0.29, 0.717) is 25.1 Å². The van der Waals surface area contributed by atoms with Gasteiger partial charge in [0, 0.05) is 31.1 Å². The third-order valence-electron chi connectivity index (χ3n) is 4.70. The minimum atomic E-state index is -0.406. The van der Waals surface area contributed by atoms with Crippen LogP contribution in [0.3, 0.4) is 0 Å². The van der Waals surface area contributed by atoms with E-state index < -0.39 is 5.82 Å². The Labute approximate surface area is 153 Å². The Balaban J connectivity index is 1.43. The number of halogens is 1. The molecular weight excluding hydrogens is 331 g/mol. The van der Waals surface area contributed by atoms with Crippen LogP contribution in [-0.2, 0) is 11.2 Å². The first-order valence-electron chi connectivity index (χ1n) is 9.00. The van der Waals surface area contributed by atoms with Crippen molar-refractivity contribution in [1.29, 1.82) is 0 Å². The Morgan fingerprint density at radius 3 is 2.46 bits per heavy atom. The first-order valence-corrected chi connectivity index (χ1v) is 9.00. The number of nitrogens with zero attached hydrogens (tertiary/aromatic N) is 1. The minimum Gasteiger partial charge on any atom is -0.353 e. The Kier molecular flexibility index (Phi) is 6.00. The van der Waals surface area contributed by atoms with E-state index >= 15 is 0 Å². The molecule has 1 N–H and O–H groups in total. The van der Waals surface area contributed by atoms with Crippen LogP contribution in [0.5, 0.6) is 0 Å². The lowest BCUT2D eigenvalue weighted by molar-refractivity contribution is -0.122. The average Bonchev–Trinajstić information content (AvgIpc) is 2.67. The fourth-order valence-electron chi connectivity index (χ4n) is 3.23. The van der Waals surface area contributed by atoms with Crippen LogP contribution in [0.15, 0.2) is 54.6 Å². The van der Waals surface area contributed by atoms with Gasteiger partial charge in [0.05, 0.1) is 0 Å². The second-order valence-electron chi connectivity index (χ2n) is 6.63. The zero-order valence-corrected chi connectivity index (χ0v) is 14.7. The fourth-order valence-corrected chi connectivity index (χ4v) is 3.23. The molecule has 0 saturated carbocycles. The summed E-state index contributed by atoms with van der Waals surface area (Å²) in [6.07, 6.45) is 2.63. The maximum atomic E-state index is 13.3. The summed E-state index contributed by atoms with van der Waals surface area (Å²) >= 11 is 0. The Bertz CT molecular complexity index is 756. The summed E-state index contributed by atoms with van der Waals surface area (Å²) in [7, 11) is 0. The van der Waals surface area contributed by atoms with E-state index in [-0.39, 0.29) is 17.9 Å². The highest BCUT2D eigenvalue weighted by atomic mass is 19.1. The van der Waals surface area contributed by atoms with Crippen molar-refractivity contribution in [3.8, 4) is 0 Å².